The van der Waals surface area contributed by atoms with Crippen LogP contribution in [0.2, 0.25) is 0 Å². The molecule has 1 aliphatic rings. The smallest absolute Gasteiger partial charge is 0.228 e. The molecular formula is C21H24FN3O3. The topological polar surface area (TPSA) is 80.3 Å². The molecule has 1 aromatic carbocycles. The van der Waals surface area contributed by atoms with Gasteiger partial charge in [-0.15, -0.1) is 0 Å². The van der Waals surface area contributed by atoms with Crippen LogP contribution in [0.4, 0.5) is 10.2 Å². The third-order valence-electron chi connectivity index (χ3n) is 4.96. The molecule has 28 heavy (non-hydrogen) atoms. The van der Waals surface area contributed by atoms with Crippen LogP contribution < -0.4 is 15.4 Å². The standard InChI is InChI=1S/C21H24FN3O3/c1-13(26)24-15-7-5-6-14(10-15)21(27)25-20-11-17(18(22)12-23-20)16-8-3-4-9-19(16)28-2/h3-4,8-9,11-12,14-15H,5-7,10H2,1-2H3,(H,24,26)(H,23,25,27). The van der Waals surface area contributed by atoms with Gasteiger partial charge in [0, 0.05) is 30.0 Å². The molecule has 2 amide bonds. The van der Waals surface area contributed by atoms with Gasteiger partial charge in [-0.3, -0.25) is 9.59 Å². The SMILES string of the molecule is COc1ccccc1-c1cc(NC(=O)C2CCCC(NC(C)=O)C2)ncc1F. The van der Waals surface area contributed by atoms with Crippen LogP contribution in [-0.4, -0.2) is 29.9 Å². The van der Waals surface area contributed by atoms with Gasteiger partial charge in [0.25, 0.3) is 0 Å². The number of hydrogen-bond donors (Lipinski definition) is 2. The van der Waals surface area contributed by atoms with Crippen LogP contribution in [0.5, 0.6) is 5.75 Å². The Morgan fingerprint density at radius 1 is 1.21 bits per heavy atom. The number of methoxy groups -OCH3 is 1. The largest absolute Gasteiger partial charge is 0.496 e. The fourth-order valence-electron chi connectivity index (χ4n) is 3.66. The van der Waals surface area contributed by atoms with Crippen molar-refractivity contribution in [2.45, 2.75) is 38.6 Å². The first kappa shape index (κ1) is 19.8. The summed E-state index contributed by atoms with van der Waals surface area (Å²) in [4.78, 5) is 27.9. The lowest BCUT2D eigenvalue weighted by molar-refractivity contribution is -0.123. The Bertz CT molecular complexity index is 872. The number of nitrogens with zero attached hydrogens (tertiary/aromatic N) is 1. The molecule has 148 valence electrons. The van der Waals surface area contributed by atoms with E-state index in [2.05, 4.69) is 15.6 Å². The van der Waals surface area contributed by atoms with Crippen LogP contribution in [-0.2, 0) is 9.59 Å². The highest BCUT2D eigenvalue weighted by molar-refractivity contribution is 5.92. The quantitative estimate of drug-likeness (QED) is 0.825. The lowest BCUT2D eigenvalue weighted by Crippen LogP contribution is -2.40. The molecule has 1 saturated carbocycles. The fourth-order valence-corrected chi connectivity index (χ4v) is 3.66. The fraction of sp³-hybridized carbons (Fsp3) is 0.381. The van der Waals surface area contributed by atoms with Crippen LogP contribution >= 0.6 is 0 Å². The Balaban J connectivity index is 1.76. The molecule has 0 radical (unpaired) electrons. The Hall–Kier alpha value is -2.96. The molecule has 0 saturated heterocycles. The van der Waals surface area contributed by atoms with Gasteiger partial charge in [-0.2, -0.15) is 0 Å². The van der Waals surface area contributed by atoms with Crippen LogP contribution in [0, 0.1) is 11.7 Å². The van der Waals surface area contributed by atoms with Gasteiger partial charge in [0.1, 0.15) is 17.4 Å². The van der Waals surface area contributed by atoms with Crippen molar-refractivity contribution >= 4 is 17.6 Å². The van der Waals surface area contributed by atoms with E-state index in [9.17, 15) is 14.0 Å². The average Bonchev–Trinajstić information content (AvgIpc) is 2.69. The Morgan fingerprint density at radius 2 is 2.00 bits per heavy atom. The van der Waals surface area contributed by atoms with E-state index in [1.165, 1.54) is 20.1 Å². The Labute approximate surface area is 163 Å². The number of nitrogens with one attached hydrogen (secondary N) is 2. The van der Waals surface area contributed by atoms with Crippen LogP contribution in [0.15, 0.2) is 36.5 Å². The number of rotatable bonds is 5. The molecule has 3 rings (SSSR count). The summed E-state index contributed by atoms with van der Waals surface area (Å²) in [6, 6.07) is 8.62. The van der Waals surface area contributed by atoms with E-state index in [4.69, 9.17) is 4.74 Å². The van der Waals surface area contributed by atoms with Gasteiger partial charge in [0.2, 0.25) is 11.8 Å². The molecule has 7 heteroatoms. The molecule has 1 aromatic heterocycles. The predicted octanol–water partition coefficient (Wildman–Crippen LogP) is 3.53. The summed E-state index contributed by atoms with van der Waals surface area (Å²) >= 11 is 0. The van der Waals surface area contributed by atoms with Gasteiger partial charge >= 0.3 is 0 Å². The number of carbonyl (C=O) groups excluding carboxylic acids is 2. The van der Waals surface area contributed by atoms with E-state index in [0.717, 1.165) is 25.5 Å². The van der Waals surface area contributed by atoms with Gasteiger partial charge in [0.05, 0.1) is 13.3 Å². The van der Waals surface area contributed by atoms with Crippen molar-refractivity contribution < 1.29 is 18.7 Å². The number of aromatic nitrogens is 1. The van der Waals surface area contributed by atoms with E-state index in [1.54, 1.807) is 24.3 Å². The maximum absolute atomic E-state index is 14.4. The first-order valence-corrected chi connectivity index (χ1v) is 9.35. The maximum Gasteiger partial charge on any atom is 0.228 e. The van der Waals surface area contributed by atoms with E-state index in [1.807, 2.05) is 0 Å². The molecule has 2 atom stereocenters. The number of halogens is 1. The van der Waals surface area contributed by atoms with Crippen LogP contribution in [0.1, 0.15) is 32.6 Å². The second-order valence-corrected chi connectivity index (χ2v) is 7.00. The van der Waals surface area contributed by atoms with Crippen LogP contribution in [0.3, 0.4) is 0 Å². The van der Waals surface area contributed by atoms with Gasteiger partial charge in [-0.1, -0.05) is 24.6 Å². The zero-order valence-electron chi connectivity index (χ0n) is 16.0. The van der Waals surface area contributed by atoms with Crippen molar-refractivity contribution in [3.8, 4) is 16.9 Å². The summed E-state index contributed by atoms with van der Waals surface area (Å²) in [7, 11) is 1.52. The molecule has 1 fully saturated rings. The number of benzene rings is 1. The first-order chi connectivity index (χ1) is 13.5. The third-order valence-corrected chi connectivity index (χ3v) is 4.96. The van der Waals surface area contributed by atoms with Crippen molar-refractivity contribution in [3.63, 3.8) is 0 Å². The molecule has 0 bridgehead atoms. The minimum absolute atomic E-state index is 0.00678. The third kappa shape index (κ3) is 4.65. The summed E-state index contributed by atoms with van der Waals surface area (Å²) in [5.41, 5.74) is 0.895. The second-order valence-electron chi connectivity index (χ2n) is 7.00. The zero-order valence-corrected chi connectivity index (χ0v) is 16.0. The zero-order chi connectivity index (χ0) is 20.1. The normalized spacial score (nSPS) is 19.0. The molecule has 1 aliphatic carbocycles. The molecule has 2 N–H and O–H groups in total. The van der Waals surface area contributed by atoms with E-state index in [-0.39, 0.29) is 29.6 Å². The number of amides is 2. The number of ether oxygens (including phenoxy) is 1. The van der Waals surface area contributed by atoms with Crippen molar-refractivity contribution in [3.05, 3.63) is 42.3 Å². The number of anilines is 1. The molecule has 0 aliphatic heterocycles. The highest BCUT2D eigenvalue weighted by Crippen LogP contribution is 2.33. The van der Waals surface area contributed by atoms with Crippen molar-refractivity contribution in [2.75, 3.05) is 12.4 Å². The molecule has 2 unspecified atom stereocenters. The van der Waals surface area contributed by atoms with Crippen molar-refractivity contribution in [2.24, 2.45) is 5.92 Å². The van der Waals surface area contributed by atoms with Crippen molar-refractivity contribution in [1.82, 2.24) is 10.3 Å². The van der Waals surface area contributed by atoms with Gasteiger partial charge < -0.3 is 15.4 Å². The van der Waals surface area contributed by atoms with Gasteiger partial charge in [-0.25, -0.2) is 9.37 Å². The maximum atomic E-state index is 14.4. The lowest BCUT2D eigenvalue weighted by atomic mass is 9.85. The Morgan fingerprint density at radius 3 is 2.75 bits per heavy atom. The average molecular weight is 385 g/mol. The highest BCUT2D eigenvalue weighted by Gasteiger charge is 2.28. The van der Waals surface area contributed by atoms with Crippen molar-refractivity contribution in [1.29, 1.82) is 0 Å². The number of para-hydroxylation sites is 1. The molecule has 0 spiro atoms. The second kappa shape index (κ2) is 8.82. The highest BCUT2D eigenvalue weighted by atomic mass is 19.1. The number of pyridine rings is 1. The molecule has 6 nitrogen and oxygen atoms in total. The minimum atomic E-state index is -0.495. The molecular weight excluding hydrogens is 361 g/mol. The van der Waals surface area contributed by atoms with Gasteiger partial charge in [-0.05, 0) is 31.4 Å². The lowest BCUT2D eigenvalue weighted by Gasteiger charge is -2.28. The monoisotopic (exact) mass is 385 g/mol. The summed E-state index contributed by atoms with van der Waals surface area (Å²) < 4.78 is 19.7. The summed E-state index contributed by atoms with van der Waals surface area (Å²) in [5, 5.41) is 5.67. The number of carbonyl (C=O) groups is 2. The minimum Gasteiger partial charge on any atom is -0.496 e. The first-order valence-electron chi connectivity index (χ1n) is 9.35. The van der Waals surface area contributed by atoms with Crippen LogP contribution in [0.25, 0.3) is 11.1 Å². The van der Waals surface area contributed by atoms with E-state index < -0.39 is 5.82 Å². The van der Waals surface area contributed by atoms with Gasteiger partial charge in [0.15, 0.2) is 0 Å². The number of hydrogen-bond acceptors (Lipinski definition) is 4. The van der Waals surface area contributed by atoms with E-state index in [0.29, 0.717) is 23.3 Å². The molecule has 2 aromatic rings. The van der Waals surface area contributed by atoms with E-state index >= 15 is 0 Å². The Kier molecular flexibility index (Phi) is 6.23. The summed E-state index contributed by atoms with van der Waals surface area (Å²) in [6.07, 6.45) is 4.18. The summed E-state index contributed by atoms with van der Waals surface area (Å²) in [6.45, 7) is 1.48. The molecule has 1 heterocycles. The summed E-state index contributed by atoms with van der Waals surface area (Å²) in [5.74, 6) is -0.143. The predicted molar refractivity (Wildman–Crippen MR) is 104 cm³/mol.